The normalized spacial score (nSPS) is 10.3. The lowest BCUT2D eigenvalue weighted by Crippen LogP contribution is -2.24. The second kappa shape index (κ2) is 6.15. The van der Waals surface area contributed by atoms with Gasteiger partial charge in [-0.1, -0.05) is 0 Å². The molecule has 6 heteroatoms. The maximum Gasteiger partial charge on any atom is 0.293 e. The molecule has 0 saturated carbocycles. The van der Waals surface area contributed by atoms with E-state index in [9.17, 15) is 4.79 Å². The average molecular weight is 212 g/mol. The summed E-state index contributed by atoms with van der Waals surface area (Å²) in [4.78, 5) is 15.4. The van der Waals surface area contributed by atoms with E-state index in [0.717, 1.165) is 0 Å². The molecule has 3 N–H and O–H groups in total. The third-order valence-corrected chi connectivity index (χ3v) is 1.82. The summed E-state index contributed by atoms with van der Waals surface area (Å²) in [6.07, 6.45) is 3.18. The largest absolute Gasteiger partial charge is 0.378 e. The van der Waals surface area contributed by atoms with E-state index >= 15 is 0 Å². The van der Waals surface area contributed by atoms with Crippen molar-refractivity contribution in [1.82, 2.24) is 9.55 Å². The van der Waals surface area contributed by atoms with Crippen molar-refractivity contribution in [2.45, 2.75) is 0 Å². The summed E-state index contributed by atoms with van der Waals surface area (Å²) in [5.41, 5.74) is 5.11. The molecule has 0 atom stereocenters. The number of nitrogens with two attached hydrogens (primary N) is 1. The Morgan fingerprint density at radius 2 is 2.40 bits per heavy atom. The highest BCUT2D eigenvalue weighted by Crippen LogP contribution is 1.90. The van der Waals surface area contributed by atoms with E-state index in [2.05, 4.69) is 10.3 Å². The monoisotopic (exact) mass is 212 g/mol. The number of nitrogens with zero attached hydrogens (tertiary/aromatic N) is 2. The standard InChI is InChI=1S/C9H16N4O2/c1-13-5-3-11-8(9(13)14)12-4-7-15-6-2-10/h3,5H,2,4,6-7,10H2,1H3,(H,11,12). The predicted octanol–water partition coefficient (Wildman–Crippen LogP) is -0.832. The summed E-state index contributed by atoms with van der Waals surface area (Å²) >= 11 is 0. The first-order chi connectivity index (χ1) is 7.25. The van der Waals surface area contributed by atoms with Gasteiger partial charge in [-0.05, 0) is 0 Å². The first-order valence-electron chi connectivity index (χ1n) is 4.79. The van der Waals surface area contributed by atoms with Crippen LogP contribution in [0.2, 0.25) is 0 Å². The first kappa shape index (κ1) is 11.7. The van der Waals surface area contributed by atoms with Gasteiger partial charge in [0.25, 0.3) is 5.56 Å². The summed E-state index contributed by atoms with van der Waals surface area (Å²) in [7, 11) is 1.68. The first-order valence-corrected chi connectivity index (χ1v) is 4.79. The van der Waals surface area contributed by atoms with Crippen molar-refractivity contribution < 1.29 is 4.74 Å². The smallest absolute Gasteiger partial charge is 0.293 e. The molecule has 1 aromatic heterocycles. The second-order valence-corrected chi connectivity index (χ2v) is 3.02. The van der Waals surface area contributed by atoms with E-state index in [4.69, 9.17) is 10.5 Å². The number of anilines is 1. The highest BCUT2D eigenvalue weighted by molar-refractivity contribution is 5.30. The van der Waals surface area contributed by atoms with Gasteiger partial charge in [-0.2, -0.15) is 0 Å². The molecule has 1 heterocycles. The van der Waals surface area contributed by atoms with Crippen LogP contribution in [0, 0.1) is 0 Å². The van der Waals surface area contributed by atoms with Gasteiger partial charge >= 0.3 is 0 Å². The van der Waals surface area contributed by atoms with Crippen LogP contribution in [0.4, 0.5) is 5.82 Å². The van der Waals surface area contributed by atoms with Gasteiger partial charge in [0, 0.05) is 32.5 Å². The molecule has 0 radical (unpaired) electrons. The number of nitrogens with one attached hydrogen (secondary N) is 1. The van der Waals surface area contributed by atoms with Gasteiger partial charge < -0.3 is 20.4 Å². The van der Waals surface area contributed by atoms with E-state index < -0.39 is 0 Å². The number of rotatable bonds is 6. The summed E-state index contributed by atoms with van der Waals surface area (Å²) in [5.74, 6) is 0.344. The van der Waals surface area contributed by atoms with Gasteiger partial charge in [-0.25, -0.2) is 4.98 Å². The molecule has 6 nitrogen and oxygen atoms in total. The number of hydrogen-bond donors (Lipinski definition) is 2. The highest BCUT2D eigenvalue weighted by Gasteiger charge is 2.00. The zero-order valence-electron chi connectivity index (χ0n) is 8.77. The molecule has 0 spiro atoms. The Hall–Kier alpha value is -1.40. The topological polar surface area (TPSA) is 82.2 Å². The van der Waals surface area contributed by atoms with Gasteiger partial charge in [0.1, 0.15) is 0 Å². The van der Waals surface area contributed by atoms with Crippen LogP contribution in [0.1, 0.15) is 0 Å². The van der Waals surface area contributed by atoms with E-state index in [0.29, 0.717) is 32.1 Å². The van der Waals surface area contributed by atoms with Crippen molar-refractivity contribution in [3.63, 3.8) is 0 Å². The van der Waals surface area contributed by atoms with Crippen LogP contribution >= 0.6 is 0 Å². The SMILES string of the molecule is Cn1ccnc(NCCOCCN)c1=O. The molecule has 0 bridgehead atoms. The van der Waals surface area contributed by atoms with Crippen LogP contribution in [0.3, 0.4) is 0 Å². The lowest BCUT2D eigenvalue weighted by atomic mass is 10.5. The summed E-state index contributed by atoms with van der Waals surface area (Å²) < 4.78 is 6.62. The van der Waals surface area contributed by atoms with Gasteiger partial charge in [-0.3, -0.25) is 4.79 Å². The van der Waals surface area contributed by atoms with E-state index in [-0.39, 0.29) is 5.56 Å². The van der Waals surface area contributed by atoms with Crippen molar-refractivity contribution >= 4 is 5.82 Å². The number of aromatic nitrogens is 2. The van der Waals surface area contributed by atoms with Crippen LogP contribution in [0.25, 0.3) is 0 Å². The molecular weight excluding hydrogens is 196 g/mol. The van der Waals surface area contributed by atoms with Crippen molar-refractivity contribution in [3.05, 3.63) is 22.7 Å². The predicted molar refractivity (Wildman–Crippen MR) is 57.8 cm³/mol. The molecule has 0 aliphatic rings. The molecule has 15 heavy (non-hydrogen) atoms. The molecule has 0 amide bonds. The lowest BCUT2D eigenvalue weighted by Gasteiger charge is -2.06. The molecular formula is C9H16N4O2. The van der Waals surface area contributed by atoms with E-state index in [1.54, 1.807) is 19.4 Å². The summed E-state index contributed by atoms with van der Waals surface area (Å²) in [6.45, 7) is 2.09. The van der Waals surface area contributed by atoms with E-state index in [1.165, 1.54) is 4.57 Å². The fourth-order valence-corrected chi connectivity index (χ4v) is 1.05. The van der Waals surface area contributed by atoms with Gasteiger partial charge in [0.15, 0.2) is 5.82 Å². The fourth-order valence-electron chi connectivity index (χ4n) is 1.05. The van der Waals surface area contributed by atoms with Gasteiger partial charge in [0.05, 0.1) is 13.2 Å². The van der Waals surface area contributed by atoms with Crippen molar-refractivity contribution in [1.29, 1.82) is 0 Å². The Kier molecular flexibility index (Phi) is 4.79. The summed E-state index contributed by atoms with van der Waals surface area (Å²) in [6, 6.07) is 0. The Balaban J connectivity index is 2.38. The number of aryl methyl sites for hydroxylation is 1. The molecule has 84 valence electrons. The zero-order chi connectivity index (χ0) is 11.1. The molecule has 0 aliphatic carbocycles. The van der Waals surface area contributed by atoms with Crippen molar-refractivity contribution in [2.24, 2.45) is 12.8 Å². The molecule has 0 aromatic carbocycles. The van der Waals surface area contributed by atoms with Crippen LogP contribution in [-0.2, 0) is 11.8 Å². The Morgan fingerprint density at radius 3 is 3.13 bits per heavy atom. The Bertz CT molecular complexity index is 350. The van der Waals surface area contributed by atoms with Crippen molar-refractivity contribution in [2.75, 3.05) is 31.6 Å². The highest BCUT2D eigenvalue weighted by atomic mass is 16.5. The zero-order valence-corrected chi connectivity index (χ0v) is 8.77. The Morgan fingerprint density at radius 1 is 1.60 bits per heavy atom. The number of ether oxygens (including phenoxy) is 1. The Labute approximate surface area is 88.1 Å². The maximum atomic E-state index is 11.5. The molecule has 0 fully saturated rings. The molecule has 0 aliphatic heterocycles. The molecule has 1 rings (SSSR count). The third-order valence-electron chi connectivity index (χ3n) is 1.82. The molecule has 0 unspecified atom stereocenters. The van der Waals surface area contributed by atoms with Gasteiger partial charge in [0.2, 0.25) is 0 Å². The minimum atomic E-state index is -0.142. The fraction of sp³-hybridized carbons (Fsp3) is 0.556. The number of hydrogen-bond acceptors (Lipinski definition) is 5. The molecule has 0 saturated heterocycles. The van der Waals surface area contributed by atoms with Crippen LogP contribution in [0.5, 0.6) is 0 Å². The maximum absolute atomic E-state index is 11.5. The minimum absolute atomic E-state index is 0.142. The third kappa shape index (κ3) is 3.69. The average Bonchev–Trinajstić information content (AvgIpc) is 2.24. The minimum Gasteiger partial charge on any atom is -0.378 e. The molecule has 1 aromatic rings. The van der Waals surface area contributed by atoms with E-state index in [1.807, 2.05) is 0 Å². The lowest BCUT2D eigenvalue weighted by molar-refractivity contribution is 0.151. The van der Waals surface area contributed by atoms with Crippen LogP contribution < -0.4 is 16.6 Å². The van der Waals surface area contributed by atoms with Crippen LogP contribution in [-0.4, -0.2) is 35.9 Å². The van der Waals surface area contributed by atoms with Crippen LogP contribution in [0.15, 0.2) is 17.2 Å². The van der Waals surface area contributed by atoms with Crippen molar-refractivity contribution in [3.8, 4) is 0 Å². The second-order valence-electron chi connectivity index (χ2n) is 3.02. The van der Waals surface area contributed by atoms with Gasteiger partial charge in [-0.15, -0.1) is 0 Å². The summed E-state index contributed by atoms with van der Waals surface area (Å²) in [5, 5.41) is 2.90. The quantitative estimate of drug-likeness (QED) is 0.601.